The molecule has 1 atom stereocenters. The number of unbranched alkanes of at least 4 members (excludes halogenated alkanes) is 1. The molecule has 3 N–H and O–H groups in total. The zero-order valence-corrected chi connectivity index (χ0v) is 17.7. The summed E-state index contributed by atoms with van der Waals surface area (Å²) >= 11 is 0. The van der Waals surface area contributed by atoms with Crippen LogP contribution < -0.4 is 16.0 Å². The lowest BCUT2D eigenvalue weighted by Crippen LogP contribution is -2.49. The molecular formula is C19H37N5O3. The largest absolute Gasteiger partial charge is 0.444 e. The summed E-state index contributed by atoms with van der Waals surface area (Å²) < 4.78 is 5.28. The highest BCUT2D eigenvalue weighted by atomic mass is 16.6. The van der Waals surface area contributed by atoms with Gasteiger partial charge in [-0.25, -0.2) is 9.79 Å². The van der Waals surface area contributed by atoms with Crippen LogP contribution in [0.5, 0.6) is 0 Å². The molecule has 0 bridgehead atoms. The summed E-state index contributed by atoms with van der Waals surface area (Å²) in [6.45, 7) is 12.2. The predicted molar refractivity (Wildman–Crippen MR) is 110 cm³/mol. The molecule has 0 aromatic heterocycles. The van der Waals surface area contributed by atoms with E-state index in [2.05, 4.69) is 34.4 Å². The summed E-state index contributed by atoms with van der Waals surface area (Å²) in [6.07, 6.45) is 4.15. The van der Waals surface area contributed by atoms with E-state index in [1.54, 1.807) is 20.2 Å². The summed E-state index contributed by atoms with van der Waals surface area (Å²) in [4.78, 5) is 29.5. The van der Waals surface area contributed by atoms with Gasteiger partial charge in [-0.3, -0.25) is 4.79 Å². The fourth-order valence-corrected chi connectivity index (χ4v) is 2.00. The number of hydrogen-bond acceptors (Lipinski definition) is 4. The van der Waals surface area contributed by atoms with E-state index < -0.39 is 11.7 Å². The van der Waals surface area contributed by atoms with Gasteiger partial charge in [0.05, 0.1) is 0 Å². The van der Waals surface area contributed by atoms with E-state index in [4.69, 9.17) is 4.74 Å². The highest BCUT2D eigenvalue weighted by Crippen LogP contribution is 2.07. The Kier molecular flexibility index (Phi) is 11.9. The molecule has 8 nitrogen and oxygen atoms in total. The molecule has 0 spiro atoms. The SMILES string of the molecule is C=CCNC(=NCC(=O)N(C)C)NC(CCCC)CNC(=O)OC(C)(C)C. The van der Waals surface area contributed by atoms with E-state index in [1.807, 2.05) is 20.8 Å². The average Bonchev–Trinajstić information content (AvgIpc) is 2.57. The standard InChI is InChI=1S/C19H37N5O3/c1-8-10-11-15(13-22-18(26)27-19(3,4)5)23-17(20-12-9-2)21-14-16(25)24(6)7/h9,15H,2,8,10-14H2,1,3-7H3,(H,22,26)(H2,20,21,23). The number of guanidine groups is 1. The maximum atomic E-state index is 11.9. The summed E-state index contributed by atoms with van der Waals surface area (Å²) in [5.41, 5.74) is -0.541. The molecular weight excluding hydrogens is 346 g/mol. The number of nitrogens with one attached hydrogen (secondary N) is 3. The smallest absolute Gasteiger partial charge is 0.407 e. The Labute approximate surface area is 163 Å². The van der Waals surface area contributed by atoms with Crippen LogP contribution in [-0.4, -0.2) is 68.2 Å². The molecule has 0 radical (unpaired) electrons. The molecule has 2 amide bonds. The van der Waals surface area contributed by atoms with Gasteiger partial charge in [0.15, 0.2) is 5.96 Å². The number of amides is 2. The Morgan fingerprint density at radius 1 is 1.26 bits per heavy atom. The van der Waals surface area contributed by atoms with Gasteiger partial charge in [-0.2, -0.15) is 0 Å². The Hall–Kier alpha value is -2.25. The molecule has 0 rings (SSSR count). The van der Waals surface area contributed by atoms with Gasteiger partial charge in [0, 0.05) is 33.2 Å². The number of likely N-dealkylation sites (N-methyl/N-ethyl adjacent to an activating group) is 1. The van der Waals surface area contributed by atoms with E-state index in [9.17, 15) is 9.59 Å². The highest BCUT2D eigenvalue weighted by molar-refractivity contribution is 5.85. The second-order valence-corrected chi connectivity index (χ2v) is 7.49. The van der Waals surface area contributed by atoms with Crippen LogP contribution in [0.2, 0.25) is 0 Å². The Morgan fingerprint density at radius 3 is 2.44 bits per heavy atom. The number of nitrogens with zero attached hydrogens (tertiary/aromatic N) is 2. The van der Waals surface area contributed by atoms with Gasteiger partial charge in [0.25, 0.3) is 0 Å². The fraction of sp³-hybridized carbons (Fsp3) is 0.737. The molecule has 0 aromatic carbocycles. The van der Waals surface area contributed by atoms with Gasteiger partial charge in [-0.1, -0.05) is 25.8 Å². The van der Waals surface area contributed by atoms with Crippen molar-refractivity contribution in [2.75, 3.05) is 33.7 Å². The molecule has 0 aliphatic rings. The van der Waals surface area contributed by atoms with Crippen LogP contribution in [0.1, 0.15) is 47.0 Å². The van der Waals surface area contributed by atoms with Gasteiger partial charge in [-0.15, -0.1) is 6.58 Å². The van der Waals surface area contributed by atoms with Crippen molar-refractivity contribution in [3.63, 3.8) is 0 Å². The third-order valence-corrected chi connectivity index (χ3v) is 3.42. The topological polar surface area (TPSA) is 95.1 Å². The number of carbonyl (C=O) groups is 2. The van der Waals surface area contributed by atoms with Crippen LogP contribution in [0.25, 0.3) is 0 Å². The predicted octanol–water partition coefficient (Wildman–Crippen LogP) is 1.88. The minimum Gasteiger partial charge on any atom is -0.444 e. The van der Waals surface area contributed by atoms with Gasteiger partial charge >= 0.3 is 6.09 Å². The Bertz CT molecular complexity index is 498. The average molecular weight is 384 g/mol. The maximum absolute atomic E-state index is 11.9. The number of hydrogen-bond donors (Lipinski definition) is 3. The lowest BCUT2D eigenvalue weighted by atomic mass is 10.1. The number of rotatable bonds is 10. The van der Waals surface area contributed by atoms with Crippen molar-refractivity contribution in [1.82, 2.24) is 20.9 Å². The molecule has 0 saturated carbocycles. The first kappa shape index (κ1) is 24.8. The van der Waals surface area contributed by atoms with Crippen LogP contribution in [0, 0.1) is 0 Å². The van der Waals surface area contributed by atoms with Gasteiger partial charge < -0.3 is 25.6 Å². The highest BCUT2D eigenvalue weighted by Gasteiger charge is 2.18. The Morgan fingerprint density at radius 2 is 1.93 bits per heavy atom. The normalized spacial score (nSPS) is 12.7. The quantitative estimate of drug-likeness (QED) is 0.304. The second kappa shape index (κ2) is 13.0. The first-order valence-corrected chi connectivity index (χ1v) is 9.41. The zero-order chi connectivity index (χ0) is 20.9. The van der Waals surface area contributed by atoms with Crippen molar-refractivity contribution in [3.8, 4) is 0 Å². The van der Waals surface area contributed by atoms with E-state index in [-0.39, 0.29) is 18.5 Å². The number of alkyl carbamates (subject to hydrolysis) is 1. The van der Waals surface area contributed by atoms with E-state index >= 15 is 0 Å². The molecule has 0 heterocycles. The van der Waals surface area contributed by atoms with Crippen molar-refractivity contribution in [1.29, 1.82) is 0 Å². The molecule has 0 aliphatic carbocycles. The van der Waals surface area contributed by atoms with Crippen molar-refractivity contribution in [3.05, 3.63) is 12.7 Å². The molecule has 1 unspecified atom stereocenters. The fourth-order valence-electron chi connectivity index (χ4n) is 2.00. The van der Waals surface area contributed by atoms with Crippen molar-refractivity contribution < 1.29 is 14.3 Å². The summed E-state index contributed by atoms with van der Waals surface area (Å²) in [6, 6.07) is -0.0389. The zero-order valence-electron chi connectivity index (χ0n) is 17.7. The minimum atomic E-state index is -0.541. The number of aliphatic imine (C=N–C) groups is 1. The maximum Gasteiger partial charge on any atom is 0.407 e. The number of carbonyl (C=O) groups excluding carboxylic acids is 2. The minimum absolute atomic E-state index is 0.0389. The van der Waals surface area contributed by atoms with E-state index in [1.165, 1.54) is 4.90 Å². The van der Waals surface area contributed by atoms with Crippen molar-refractivity contribution in [2.45, 2.75) is 58.6 Å². The van der Waals surface area contributed by atoms with Crippen LogP contribution >= 0.6 is 0 Å². The van der Waals surface area contributed by atoms with Crippen LogP contribution in [0.4, 0.5) is 4.79 Å². The van der Waals surface area contributed by atoms with Crippen LogP contribution in [0.3, 0.4) is 0 Å². The molecule has 0 saturated heterocycles. The molecule has 0 fully saturated rings. The van der Waals surface area contributed by atoms with Crippen molar-refractivity contribution >= 4 is 18.0 Å². The molecule has 8 heteroatoms. The van der Waals surface area contributed by atoms with E-state index in [0.29, 0.717) is 19.0 Å². The number of ether oxygens (including phenoxy) is 1. The van der Waals surface area contributed by atoms with Gasteiger partial charge in [-0.05, 0) is 27.2 Å². The van der Waals surface area contributed by atoms with E-state index in [0.717, 1.165) is 19.3 Å². The lowest BCUT2D eigenvalue weighted by Gasteiger charge is -2.24. The molecule has 0 aliphatic heterocycles. The van der Waals surface area contributed by atoms with Gasteiger partial charge in [0.2, 0.25) is 5.91 Å². The molecule has 0 aromatic rings. The van der Waals surface area contributed by atoms with Gasteiger partial charge in [0.1, 0.15) is 12.1 Å². The van der Waals surface area contributed by atoms with Crippen molar-refractivity contribution in [2.24, 2.45) is 4.99 Å². The first-order chi connectivity index (χ1) is 12.6. The lowest BCUT2D eigenvalue weighted by molar-refractivity contribution is -0.127. The summed E-state index contributed by atoms with van der Waals surface area (Å²) in [5, 5.41) is 9.18. The summed E-state index contributed by atoms with van der Waals surface area (Å²) in [5.74, 6) is 0.420. The third-order valence-electron chi connectivity index (χ3n) is 3.42. The molecule has 27 heavy (non-hydrogen) atoms. The second-order valence-electron chi connectivity index (χ2n) is 7.49. The first-order valence-electron chi connectivity index (χ1n) is 9.41. The van der Waals surface area contributed by atoms with Crippen LogP contribution in [-0.2, 0) is 9.53 Å². The summed E-state index contributed by atoms with van der Waals surface area (Å²) in [7, 11) is 3.38. The molecule has 156 valence electrons. The third kappa shape index (κ3) is 13.6. The monoisotopic (exact) mass is 383 g/mol. The van der Waals surface area contributed by atoms with Crippen LogP contribution in [0.15, 0.2) is 17.6 Å². The Balaban J connectivity index is 4.92.